The van der Waals surface area contributed by atoms with Crippen LogP contribution in [0.3, 0.4) is 0 Å². The van der Waals surface area contributed by atoms with E-state index in [4.69, 9.17) is 4.74 Å². The first-order valence-electron chi connectivity index (χ1n) is 5.85. The maximum Gasteiger partial charge on any atom is 0.306 e. The average Bonchev–Trinajstić information content (AvgIpc) is 1.98. The summed E-state index contributed by atoms with van der Waals surface area (Å²) in [5, 5.41) is 0. The zero-order valence-corrected chi connectivity index (χ0v) is 11.8. The van der Waals surface area contributed by atoms with E-state index in [0.717, 1.165) is 0 Å². The predicted octanol–water partition coefficient (Wildman–Crippen LogP) is 3.96. The fourth-order valence-corrected chi connectivity index (χ4v) is 1.05. The van der Waals surface area contributed by atoms with Crippen LogP contribution in [0.25, 0.3) is 0 Å². The maximum atomic E-state index is 11.4. The molecule has 0 spiro atoms. The molecular formula is C14H26O2. The van der Waals surface area contributed by atoms with Gasteiger partial charge in [-0.3, -0.25) is 4.79 Å². The van der Waals surface area contributed by atoms with Crippen molar-refractivity contribution in [3.8, 4) is 0 Å². The van der Waals surface area contributed by atoms with Gasteiger partial charge in [-0.1, -0.05) is 47.1 Å². The summed E-state index contributed by atoms with van der Waals surface area (Å²) < 4.78 is 5.17. The summed E-state index contributed by atoms with van der Waals surface area (Å²) in [5.74, 6) is -0.120. The van der Waals surface area contributed by atoms with Gasteiger partial charge in [-0.2, -0.15) is 0 Å². The number of carbonyl (C=O) groups excluding carboxylic acids is 1. The lowest BCUT2D eigenvalue weighted by Gasteiger charge is -2.20. The highest BCUT2D eigenvalue weighted by Gasteiger charge is 2.17. The third-order valence-electron chi connectivity index (χ3n) is 2.49. The lowest BCUT2D eigenvalue weighted by atomic mass is 9.87. The van der Waals surface area contributed by atoms with E-state index in [0.29, 0.717) is 13.0 Å². The van der Waals surface area contributed by atoms with E-state index in [1.165, 1.54) is 5.57 Å². The molecule has 0 unspecified atom stereocenters. The Balaban J connectivity index is 4.05. The monoisotopic (exact) mass is 226 g/mol. The molecule has 0 aliphatic carbocycles. The summed E-state index contributed by atoms with van der Waals surface area (Å²) in [7, 11) is 0. The highest BCUT2D eigenvalue weighted by atomic mass is 16.5. The summed E-state index contributed by atoms with van der Waals surface area (Å²) in [6.07, 6.45) is 2.45. The number of rotatable bonds is 3. The van der Waals surface area contributed by atoms with Gasteiger partial charge in [0.05, 0.1) is 6.42 Å². The van der Waals surface area contributed by atoms with Gasteiger partial charge in [-0.25, -0.2) is 0 Å². The standard InChI is InChI=1S/C14H26O2/c1-11(14(5,6)7)8-9-16-12(15)10-13(2,3)4/h8H,9-10H2,1-7H3/b11-8+. The largest absolute Gasteiger partial charge is 0.461 e. The molecule has 94 valence electrons. The van der Waals surface area contributed by atoms with Crippen molar-refractivity contribution in [1.82, 2.24) is 0 Å². The van der Waals surface area contributed by atoms with Crippen molar-refractivity contribution in [1.29, 1.82) is 0 Å². The van der Waals surface area contributed by atoms with Crippen molar-refractivity contribution in [2.75, 3.05) is 6.61 Å². The van der Waals surface area contributed by atoms with Crippen molar-refractivity contribution < 1.29 is 9.53 Å². The van der Waals surface area contributed by atoms with Crippen LogP contribution >= 0.6 is 0 Å². The number of hydrogen-bond donors (Lipinski definition) is 0. The zero-order valence-electron chi connectivity index (χ0n) is 11.8. The van der Waals surface area contributed by atoms with Crippen molar-refractivity contribution in [2.24, 2.45) is 10.8 Å². The third kappa shape index (κ3) is 7.49. The molecular weight excluding hydrogens is 200 g/mol. The maximum absolute atomic E-state index is 11.4. The van der Waals surface area contributed by atoms with E-state index in [9.17, 15) is 4.79 Å². The van der Waals surface area contributed by atoms with Crippen molar-refractivity contribution >= 4 is 5.97 Å². The summed E-state index contributed by atoms with van der Waals surface area (Å²) in [4.78, 5) is 11.4. The molecule has 0 N–H and O–H groups in total. The van der Waals surface area contributed by atoms with Crippen LogP contribution < -0.4 is 0 Å². The van der Waals surface area contributed by atoms with E-state index < -0.39 is 0 Å². The highest BCUT2D eigenvalue weighted by molar-refractivity contribution is 5.70. The van der Waals surface area contributed by atoms with Crippen LogP contribution in [0.1, 0.15) is 54.9 Å². The number of ether oxygens (including phenoxy) is 1. The highest BCUT2D eigenvalue weighted by Crippen LogP contribution is 2.24. The van der Waals surface area contributed by atoms with Crippen LogP contribution in [0, 0.1) is 10.8 Å². The molecule has 0 aliphatic rings. The molecule has 0 aromatic carbocycles. The van der Waals surface area contributed by atoms with E-state index in [1.807, 2.05) is 26.8 Å². The normalized spacial score (nSPS) is 13.8. The fourth-order valence-electron chi connectivity index (χ4n) is 1.05. The van der Waals surface area contributed by atoms with Gasteiger partial charge in [0, 0.05) is 0 Å². The molecule has 0 aromatic rings. The lowest BCUT2D eigenvalue weighted by Crippen LogP contribution is -2.16. The molecule has 0 saturated heterocycles. The molecule has 2 heteroatoms. The van der Waals surface area contributed by atoms with Gasteiger partial charge in [0.1, 0.15) is 6.61 Å². The molecule has 0 fully saturated rings. The Morgan fingerprint density at radius 2 is 1.62 bits per heavy atom. The van der Waals surface area contributed by atoms with Gasteiger partial charge >= 0.3 is 5.97 Å². The van der Waals surface area contributed by atoms with Gasteiger partial charge in [-0.15, -0.1) is 0 Å². The number of allylic oxidation sites excluding steroid dienone is 1. The summed E-state index contributed by atoms with van der Waals surface area (Å²) in [5.41, 5.74) is 1.40. The molecule has 2 nitrogen and oxygen atoms in total. The van der Waals surface area contributed by atoms with Crippen molar-refractivity contribution in [3.05, 3.63) is 11.6 Å². The van der Waals surface area contributed by atoms with Crippen molar-refractivity contribution in [3.63, 3.8) is 0 Å². The Bertz CT molecular complexity index is 261. The van der Waals surface area contributed by atoms with Gasteiger partial charge in [0.15, 0.2) is 0 Å². The topological polar surface area (TPSA) is 26.3 Å². The van der Waals surface area contributed by atoms with Gasteiger partial charge < -0.3 is 4.74 Å². The van der Waals surface area contributed by atoms with Crippen LogP contribution in [0.2, 0.25) is 0 Å². The zero-order chi connectivity index (χ0) is 13.0. The van der Waals surface area contributed by atoms with Crippen LogP contribution in [0.4, 0.5) is 0 Å². The smallest absolute Gasteiger partial charge is 0.306 e. The van der Waals surface area contributed by atoms with Crippen LogP contribution in [0.15, 0.2) is 11.6 Å². The molecule has 0 aromatic heterocycles. The Hall–Kier alpha value is -0.790. The SMILES string of the molecule is C/C(=C\COC(=O)CC(C)(C)C)C(C)(C)C. The average molecular weight is 226 g/mol. The second-order valence-corrected chi connectivity index (χ2v) is 6.56. The summed E-state index contributed by atoms with van der Waals surface area (Å²) >= 11 is 0. The fraction of sp³-hybridized carbons (Fsp3) is 0.786. The third-order valence-corrected chi connectivity index (χ3v) is 2.49. The van der Waals surface area contributed by atoms with Crippen LogP contribution in [-0.4, -0.2) is 12.6 Å². The first-order valence-corrected chi connectivity index (χ1v) is 5.85. The van der Waals surface area contributed by atoms with Crippen molar-refractivity contribution in [2.45, 2.75) is 54.9 Å². The van der Waals surface area contributed by atoms with Gasteiger partial charge in [0.2, 0.25) is 0 Å². The second kappa shape index (κ2) is 5.51. The molecule has 0 rings (SSSR count). The van der Waals surface area contributed by atoms with E-state index in [1.54, 1.807) is 0 Å². The lowest BCUT2D eigenvalue weighted by molar-refractivity contribution is -0.144. The van der Waals surface area contributed by atoms with Crippen LogP contribution in [-0.2, 0) is 9.53 Å². The first kappa shape index (κ1) is 15.2. The first-order chi connectivity index (χ1) is 7.02. The number of hydrogen-bond acceptors (Lipinski definition) is 2. The minimum Gasteiger partial charge on any atom is -0.461 e. The Kier molecular flexibility index (Phi) is 5.24. The van der Waals surface area contributed by atoms with Gasteiger partial charge in [-0.05, 0) is 23.8 Å². The van der Waals surface area contributed by atoms with E-state index >= 15 is 0 Å². The van der Waals surface area contributed by atoms with Crippen LogP contribution in [0.5, 0.6) is 0 Å². The molecule has 0 atom stereocenters. The summed E-state index contributed by atoms with van der Waals surface area (Å²) in [6.45, 7) is 15.0. The molecule has 0 saturated carbocycles. The summed E-state index contributed by atoms with van der Waals surface area (Å²) in [6, 6.07) is 0. The molecule has 0 aliphatic heterocycles. The quantitative estimate of drug-likeness (QED) is 0.538. The Labute approximate surface area is 100 Å². The second-order valence-electron chi connectivity index (χ2n) is 6.56. The predicted molar refractivity (Wildman–Crippen MR) is 68.2 cm³/mol. The van der Waals surface area contributed by atoms with E-state index in [-0.39, 0.29) is 16.8 Å². The minimum absolute atomic E-state index is 0.000130. The minimum atomic E-state index is -0.120. The van der Waals surface area contributed by atoms with E-state index in [2.05, 4.69) is 27.7 Å². The van der Waals surface area contributed by atoms with Gasteiger partial charge in [0.25, 0.3) is 0 Å². The Morgan fingerprint density at radius 3 is 2.00 bits per heavy atom. The molecule has 0 radical (unpaired) electrons. The Morgan fingerprint density at radius 1 is 1.12 bits per heavy atom. The number of carbonyl (C=O) groups is 1. The molecule has 16 heavy (non-hydrogen) atoms. The number of esters is 1. The molecule has 0 bridgehead atoms. The molecule has 0 amide bonds. The molecule has 0 heterocycles.